The molecule has 0 heterocycles. The van der Waals surface area contributed by atoms with Crippen LogP contribution in [0.3, 0.4) is 0 Å². The second-order valence-electron chi connectivity index (χ2n) is 2.80. The molecule has 0 fully saturated rings. The summed E-state index contributed by atoms with van der Waals surface area (Å²) in [6.45, 7) is 7.87. The van der Waals surface area contributed by atoms with Crippen molar-refractivity contribution in [3.8, 4) is 0 Å². The molecule has 14 heavy (non-hydrogen) atoms. The minimum atomic E-state index is -0.164. The van der Waals surface area contributed by atoms with E-state index in [1.165, 1.54) is 6.20 Å². The first-order valence-electron chi connectivity index (χ1n) is 4.39. The molecule has 0 saturated carbocycles. The van der Waals surface area contributed by atoms with E-state index in [-0.39, 0.29) is 6.04 Å². The zero-order valence-electron chi connectivity index (χ0n) is 8.59. The molecule has 80 valence electrons. The summed E-state index contributed by atoms with van der Waals surface area (Å²) in [5, 5.41) is 0.417. The summed E-state index contributed by atoms with van der Waals surface area (Å²) in [4.78, 5) is 0. The maximum absolute atomic E-state index is 5.91. The van der Waals surface area contributed by atoms with Gasteiger partial charge < -0.3 is 16.2 Å². The third kappa shape index (κ3) is 4.35. The largest absolute Gasteiger partial charge is 0.493 e. The van der Waals surface area contributed by atoms with Crippen molar-refractivity contribution in [1.82, 2.24) is 0 Å². The predicted octanol–water partition coefficient (Wildman–Crippen LogP) is 1.85. The summed E-state index contributed by atoms with van der Waals surface area (Å²) < 4.78 is 5.13. The third-order valence-corrected chi connectivity index (χ3v) is 1.92. The second kappa shape index (κ2) is 6.51. The molecule has 0 aliphatic heterocycles. The number of ether oxygens (including phenoxy) is 1. The van der Waals surface area contributed by atoms with Crippen LogP contribution in [0.2, 0.25) is 0 Å². The average Bonchev–Trinajstić information content (AvgIpc) is 2.13. The average molecular weight is 217 g/mol. The van der Waals surface area contributed by atoms with Gasteiger partial charge >= 0.3 is 0 Å². The Morgan fingerprint density at radius 1 is 1.64 bits per heavy atom. The van der Waals surface area contributed by atoms with Crippen LogP contribution in [-0.4, -0.2) is 12.6 Å². The van der Waals surface area contributed by atoms with Gasteiger partial charge in [0.05, 0.1) is 11.6 Å². The zero-order chi connectivity index (χ0) is 11.1. The predicted molar refractivity (Wildman–Crippen MR) is 60.6 cm³/mol. The maximum Gasteiger partial charge on any atom is 0.130 e. The van der Waals surface area contributed by atoms with Crippen molar-refractivity contribution in [3.05, 3.63) is 35.2 Å². The molecule has 0 unspecified atom stereocenters. The van der Waals surface area contributed by atoms with Crippen molar-refractivity contribution in [2.45, 2.75) is 19.9 Å². The minimum absolute atomic E-state index is 0.164. The number of allylic oxidation sites excluding steroid dienone is 1. The van der Waals surface area contributed by atoms with Crippen molar-refractivity contribution in [2.24, 2.45) is 11.5 Å². The molecule has 0 aromatic heterocycles. The van der Waals surface area contributed by atoms with Crippen LogP contribution in [0.4, 0.5) is 0 Å². The molecule has 4 N–H and O–H groups in total. The van der Waals surface area contributed by atoms with Gasteiger partial charge in [0.1, 0.15) is 5.76 Å². The summed E-state index contributed by atoms with van der Waals surface area (Å²) in [5.74, 6) is 0.425. The number of halogens is 1. The van der Waals surface area contributed by atoms with Crippen molar-refractivity contribution >= 4 is 11.6 Å². The Bertz CT molecular complexity index is 257. The van der Waals surface area contributed by atoms with Crippen LogP contribution in [-0.2, 0) is 4.74 Å². The van der Waals surface area contributed by atoms with E-state index >= 15 is 0 Å². The molecule has 0 aromatic rings. The first-order valence-corrected chi connectivity index (χ1v) is 4.77. The molecule has 0 rings (SSSR count). The molecule has 0 aliphatic carbocycles. The van der Waals surface area contributed by atoms with Gasteiger partial charge in [-0.25, -0.2) is 0 Å². The number of hydrogen-bond acceptors (Lipinski definition) is 3. The number of rotatable bonds is 5. The molecular formula is C10H17ClN2O. The highest BCUT2D eigenvalue weighted by Gasteiger charge is 2.04. The van der Waals surface area contributed by atoms with E-state index in [0.29, 0.717) is 17.4 Å². The Labute approximate surface area is 90.1 Å². The summed E-state index contributed by atoms with van der Waals surface area (Å²) in [5.41, 5.74) is 11.8. The van der Waals surface area contributed by atoms with Crippen molar-refractivity contribution in [1.29, 1.82) is 0 Å². The summed E-state index contributed by atoms with van der Waals surface area (Å²) in [7, 11) is 0. The van der Waals surface area contributed by atoms with E-state index < -0.39 is 0 Å². The normalized spacial score (nSPS) is 15.1. The minimum Gasteiger partial charge on any atom is -0.493 e. The number of hydrogen-bond donors (Lipinski definition) is 2. The van der Waals surface area contributed by atoms with Gasteiger partial charge in [0, 0.05) is 6.04 Å². The summed E-state index contributed by atoms with van der Waals surface area (Å²) in [6, 6.07) is -0.164. The van der Waals surface area contributed by atoms with E-state index in [1.807, 2.05) is 13.8 Å². The summed E-state index contributed by atoms with van der Waals surface area (Å²) in [6.07, 6.45) is 3.08. The topological polar surface area (TPSA) is 61.3 Å². The van der Waals surface area contributed by atoms with E-state index in [1.54, 1.807) is 6.08 Å². The second-order valence-corrected chi connectivity index (χ2v) is 3.21. The lowest BCUT2D eigenvalue weighted by atomic mass is 10.1. The van der Waals surface area contributed by atoms with Gasteiger partial charge in [0.2, 0.25) is 0 Å². The SMILES string of the molecule is C=C(OCC)/C(Cl)=C\C(=C/N)[C@@H](C)N. The van der Waals surface area contributed by atoms with Crippen LogP contribution < -0.4 is 11.5 Å². The van der Waals surface area contributed by atoms with Crippen LogP contribution in [0.1, 0.15) is 13.8 Å². The van der Waals surface area contributed by atoms with E-state index in [0.717, 1.165) is 5.57 Å². The highest BCUT2D eigenvalue weighted by Crippen LogP contribution is 2.17. The molecule has 1 atom stereocenters. The Morgan fingerprint density at radius 2 is 2.21 bits per heavy atom. The van der Waals surface area contributed by atoms with Crippen LogP contribution >= 0.6 is 11.6 Å². The molecular weight excluding hydrogens is 200 g/mol. The highest BCUT2D eigenvalue weighted by molar-refractivity contribution is 6.31. The molecule has 0 aromatic carbocycles. The van der Waals surface area contributed by atoms with E-state index in [4.69, 9.17) is 27.8 Å². The van der Waals surface area contributed by atoms with E-state index in [9.17, 15) is 0 Å². The Kier molecular flexibility index (Phi) is 6.08. The first kappa shape index (κ1) is 13.1. The van der Waals surface area contributed by atoms with Crippen molar-refractivity contribution in [2.75, 3.05) is 6.61 Å². The molecule has 0 spiro atoms. The van der Waals surface area contributed by atoms with Gasteiger partial charge in [-0.2, -0.15) is 0 Å². The van der Waals surface area contributed by atoms with Crippen molar-refractivity contribution < 1.29 is 4.74 Å². The quantitative estimate of drug-likeness (QED) is 0.545. The lowest BCUT2D eigenvalue weighted by Gasteiger charge is -2.08. The molecule has 0 saturated heterocycles. The fourth-order valence-corrected chi connectivity index (χ4v) is 0.982. The van der Waals surface area contributed by atoms with Crippen LogP contribution in [0.25, 0.3) is 0 Å². The molecule has 0 bridgehead atoms. The van der Waals surface area contributed by atoms with Gasteiger partial charge in [0.25, 0.3) is 0 Å². The lowest BCUT2D eigenvalue weighted by Crippen LogP contribution is -2.18. The highest BCUT2D eigenvalue weighted by atomic mass is 35.5. The maximum atomic E-state index is 5.91. The van der Waals surface area contributed by atoms with Crippen LogP contribution in [0, 0.1) is 0 Å². The van der Waals surface area contributed by atoms with Crippen LogP contribution in [0.15, 0.2) is 35.2 Å². The fourth-order valence-electron chi connectivity index (χ4n) is 0.801. The van der Waals surface area contributed by atoms with Gasteiger partial charge in [-0.3, -0.25) is 0 Å². The van der Waals surface area contributed by atoms with Gasteiger partial charge in [-0.1, -0.05) is 18.2 Å². The first-order chi connectivity index (χ1) is 6.52. The molecule has 3 nitrogen and oxygen atoms in total. The molecule has 4 heteroatoms. The Hall–Kier alpha value is -0.930. The van der Waals surface area contributed by atoms with Crippen LogP contribution in [0.5, 0.6) is 0 Å². The van der Waals surface area contributed by atoms with Crippen molar-refractivity contribution in [3.63, 3.8) is 0 Å². The molecule has 0 radical (unpaired) electrons. The zero-order valence-corrected chi connectivity index (χ0v) is 9.34. The van der Waals surface area contributed by atoms with E-state index in [2.05, 4.69) is 6.58 Å². The lowest BCUT2D eigenvalue weighted by molar-refractivity contribution is 0.242. The van der Waals surface area contributed by atoms with Gasteiger partial charge in [0.15, 0.2) is 0 Å². The monoisotopic (exact) mass is 216 g/mol. The Morgan fingerprint density at radius 3 is 2.57 bits per heavy atom. The third-order valence-electron chi connectivity index (χ3n) is 1.60. The number of nitrogens with two attached hydrogens (primary N) is 2. The standard InChI is InChI=1S/C10H17ClN2O/c1-4-14-8(3)10(11)5-9(6-12)7(2)13/h5-7H,3-4,12-13H2,1-2H3/b9-6+,10-5+/t7-/m1/s1. The fraction of sp³-hybridized carbons (Fsp3) is 0.400. The smallest absolute Gasteiger partial charge is 0.130 e. The molecule has 0 amide bonds. The van der Waals surface area contributed by atoms with Gasteiger partial charge in [-0.05, 0) is 31.7 Å². The molecule has 0 aliphatic rings. The summed E-state index contributed by atoms with van der Waals surface area (Å²) >= 11 is 5.91. The Balaban J connectivity index is 4.57. The van der Waals surface area contributed by atoms with Gasteiger partial charge in [-0.15, -0.1) is 0 Å².